The van der Waals surface area contributed by atoms with Crippen LogP contribution in [-0.4, -0.2) is 43.1 Å². The largest absolute Gasteiger partial charge is 0.327 e. The zero-order chi connectivity index (χ0) is 20.5. The Balaban J connectivity index is 1.86. The Morgan fingerprint density at radius 1 is 1.07 bits per heavy atom. The molecule has 2 N–H and O–H groups in total. The molecule has 1 aromatic carbocycles. The number of nitrogens with two attached hydrogens (primary N) is 1. The Hall–Kier alpha value is -2.26. The van der Waals surface area contributed by atoms with E-state index >= 15 is 0 Å². The van der Waals surface area contributed by atoms with Crippen molar-refractivity contribution < 1.29 is 22.8 Å². The third-order valence-electron chi connectivity index (χ3n) is 5.46. The number of benzene rings is 1. The molecule has 2 fully saturated rings. The van der Waals surface area contributed by atoms with E-state index < -0.39 is 27.9 Å². The summed E-state index contributed by atoms with van der Waals surface area (Å²) < 4.78 is 22.8. The lowest BCUT2D eigenvalue weighted by Gasteiger charge is -2.34. The summed E-state index contributed by atoms with van der Waals surface area (Å²) in [6, 6.07) is 4.42. The number of carbonyl (C=O) groups is 3. The first-order chi connectivity index (χ1) is 13.2. The van der Waals surface area contributed by atoms with Gasteiger partial charge in [0.25, 0.3) is 5.91 Å². The molecular weight excluding hydrogens is 382 g/mol. The first-order valence-electron chi connectivity index (χ1n) is 9.48. The van der Waals surface area contributed by atoms with Gasteiger partial charge in [-0.2, -0.15) is 0 Å². The minimum Gasteiger partial charge on any atom is -0.327 e. The maximum atomic E-state index is 13.0. The zero-order valence-corrected chi connectivity index (χ0v) is 16.7. The average molecular weight is 407 g/mol. The highest BCUT2D eigenvalue weighted by atomic mass is 32.2. The minimum absolute atomic E-state index is 0.0357. The first-order valence-corrected chi connectivity index (χ1v) is 11.0. The van der Waals surface area contributed by atoms with E-state index in [-0.39, 0.29) is 29.0 Å². The zero-order valence-electron chi connectivity index (χ0n) is 15.8. The summed E-state index contributed by atoms with van der Waals surface area (Å²) >= 11 is 0. The predicted octanol–water partition coefficient (Wildman–Crippen LogP) is 1.54. The third kappa shape index (κ3) is 4.10. The molecule has 1 saturated heterocycles. The van der Waals surface area contributed by atoms with Gasteiger partial charge in [0.2, 0.25) is 21.8 Å². The van der Waals surface area contributed by atoms with Gasteiger partial charge >= 0.3 is 0 Å². The van der Waals surface area contributed by atoms with E-state index in [0.29, 0.717) is 0 Å². The molecule has 1 heterocycles. The van der Waals surface area contributed by atoms with Crippen molar-refractivity contribution in [3.63, 3.8) is 0 Å². The van der Waals surface area contributed by atoms with Crippen molar-refractivity contribution in [3.05, 3.63) is 24.3 Å². The highest BCUT2D eigenvalue weighted by Crippen LogP contribution is 2.31. The van der Waals surface area contributed by atoms with Crippen LogP contribution >= 0.6 is 0 Å². The Bertz CT molecular complexity index is 873. The van der Waals surface area contributed by atoms with Crippen LogP contribution in [0.15, 0.2) is 29.2 Å². The molecule has 152 valence electrons. The Labute approximate surface area is 164 Å². The quantitative estimate of drug-likeness (QED) is 0.600. The fourth-order valence-electron chi connectivity index (χ4n) is 4.16. The highest BCUT2D eigenvalue weighted by Gasteiger charge is 2.45. The van der Waals surface area contributed by atoms with E-state index in [0.717, 1.165) is 43.4 Å². The fraction of sp³-hybridized carbons (Fsp3) is 0.526. The van der Waals surface area contributed by atoms with Gasteiger partial charge in [0.1, 0.15) is 6.04 Å². The van der Waals surface area contributed by atoms with Gasteiger partial charge in [0, 0.05) is 13.0 Å². The van der Waals surface area contributed by atoms with Crippen LogP contribution in [0.25, 0.3) is 0 Å². The molecular formula is C19H25N3O5S. The molecule has 1 aromatic rings. The van der Waals surface area contributed by atoms with Crippen molar-refractivity contribution in [1.29, 1.82) is 0 Å². The molecule has 0 aromatic heterocycles. The number of primary sulfonamides is 1. The Kier molecular flexibility index (Phi) is 5.85. The van der Waals surface area contributed by atoms with Crippen LogP contribution in [0.2, 0.25) is 0 Å². The molecule has 9 heteroatoms. The number of rotatable bonds is 4. The van der Waals surface area contributed by atoms with Gasteiger partial charge in [-0.3, -0.25) is 14.4 Å². The molecule has 0 spiro atoms. The smallest absolute Gasteiger partial charge is 0.257 e. The monoisotopic (exact) mass is 407 g/mol. The molecule has 1 unspecified atom stereocenters. The van der Waals surface area contributed by atoms with Gasteiger partial charge in [-0.05, 0) is 37.1 Å². The van der Waals surface area contributed by atoms with E-state index in [4.69, 9.17) is 5.14 Å². The van der Waals surface area contributed by atoms with Crippen molar-refractivity contribution in [2.75, 3.05) is 4.90 Å². The van der Waals surface area contributed by atoms with E-state index in [9.17, 15) is 22.8 Å². The van der Waals surface area contributed by atoms with Crippen LogP contribution in [-0.2, 0) is 24.4 Å². The summed E-state index contributed by atoms with van der Waals surface area (Å²) in [5, 5.41) is 5.09. The summed E-state index contributed by atoms with van der Waals surface area (Å²) in [4.78, 5) is 40.5. The van der Waals surface area contributed by atoms with E-state index in [1.807, 2.05) is 0 Å². The lowest BCUT2D eigenvalue weighted by molar-refractivity contribution is -0.139. The van der Waals surface area contributed by atoms with Crippen molar-refractivity contribution in [2.45, 2.75) is 68.8 Å². The Morgan fingerprint density at radius 2 is 1.64 bits per heavy atom. The van der Waals surface area contributed by atoms with E-state index in [1.54, 1.807) is 4.90 Å². The molecule has 1 aliphatic heterocycles. The second-order valence-electron chi connectivity index (χ2n) is 7.40. The fourth-order valence-corrected chi connectivity index (χ4v) is 4.67. The van der Waals surface area contributed by atoms with Crippen LogP contribution in [0.1, 0.15) is 51.9 Å². The number of carbonyl (C=O) groups excluding carboxylic acids is 3. The summed E-state index contributed by atoms with van der Waals surface area (Å²) in [5.74, 6) is -1.06. The molecule has 1 saturated carbocycles. The molecule has 3 amide bonds. The van der Waals surface area contributed by atoms with Crippen LogP contribution in [0.4, 0.5) is 5.69 Å². The maximum Gasteiger partial charge on any atom is 0.257 e. The SMILES string of the molecule is CC(=O)N(C1CCCCCC1)C1CC(=O)N(c2ccc(S(N)(=O)=O)cc2)C1=O. The number of hydrogen-bond donors (Lipinski definition) is 1. The van der Waals surface area contributed by atoms with Gasteiger partial charge in [0.05, 0.1) is 17.0 Å². The average Bonchev–Trinajstić information content (AvgIpc) is 2.80. The van der Waals surface area contributed by atoms with Gasteiger partial charge < -0.3 is 4.90 Å². The van der Waals surface area contributed by atoms with Crippen molar-refractivity contribution in [3.8, 4) is 0 Å². The molecule has 8 nitrogen and oxygen atoms in total. The lowest BCUT2D eigenvalue weighted by atomic mass is 10.0. The lowest BCUT2D eigenvalue weighted by Crippen LogP contribution is -2.49. The summed E-state index contributed by atoms with van der Waals surface area (Å²) in [6.07, 6.45) is 5.84. The van der Waals surface area contributed by atoms with E-state index in [2.05, 4.69) is 0 Å². The minimum atomic E-state index is -3.86. The molecule has 0 radical (unpaired) electrons. The topological polar surface area (TPSA) is 118 Å². The maximum absolute atomic E-state index is 13.0. The number of imide groups is 1. The standard InChI is InChI=1S/C19H25N3O5S/c1-13(23)21(14-6-4-2-3-5-7-14)17-12-18(24)22(19(17)25)15-8-10-16(11-9-15)28(20,26)27/h8-11,14,17H,2-7,12H2,1H3,(H2,20,26,27). The molecule has 1 aliphatic carbocycles. The van der Waals surface area contributed by atoms with Gasteiger partial charge in [0.15, 0.2) is 0 Å². The molecule has 0 bridgehead atoms. The third-order valence-corrected chi connectivity index (χ3v) is 6.39. The van der Waals surface area contributed by atoms with Crippen molar-refractivity contribution in [2.24, 2.45) is 5.14 Å². The van der Waals surface area contributed by atoms with Crippen molar-refractivity contribution >= 4 is 33.4 Å². The van der Waals surface area contributed by atoms with Crippen molar-refractivity contribution in [1.82, 2.24) is 4.90 Å². The Morgan fingerprint density at radius 3 is 2.14 bits per heavy atom. The first kappa shape index (κ1) is 20.5. The predicted molar refractivity (Wildman–Crippen MR) is 103 cm³/mol. The summed E-state index contributed by atoms with van der Waals surface area (Å²) in [5.41, 5.74) is 0.272. The second-order valence-corrected chi connectivity index (χ2v) is 8.96. The van der Waals surface area contributed by atoms with Crippen LogP contribution in [0, 0.1) is 0 Å². The number of nitrogens with zero attached hydrogens (tertiary/aromatic N) is 2. The summed E-state index contributed by atoms with van der Waals surface area (Å²) in [6.45, 7) is 1.44. The molecule has 28 heavy (non-hydrogen) atoms. The number of sulfonamides is 1. The number of amides is 3. The normalized spacial score (nSPS) is 21.6. The highest BCUT2D eigenvalue weighted by molar-refractivity contribution is 7.89. The van der Waals surface area contributed by atoms with Crippen LogP contribution in [0.5, 0.6) is 0 Å². The summed E-state index contributed by atoms with van der Waals surface area (Å²) in [7, 11) is -3.86. The van der Waals surface area contributed by atoms with Crippen LogP contribution < -0.4 is 10.0 Å². The molecule has 3 rings (SSSR count). The van der Waals surface area contributed by atoms with Gasteiger partial charge in [-0.25, -0.2) is 18.5 Å². The van der Waals surface area contributed by atoms with Gasteiger partial charge in [-0.15, -0.1) is 0 Å². The number of anilines is 1. The second kappa shape index (κ2) is 8.00. The molecule has 2 aliphatic rings. The van der Waals surface area contributed by atoms with E-state index in [1.165, 1.54) is 31.2 Å². The molecule has 1 atom stereocenters. The van der Waals surface area contributed by atoms with Gasteiger partial charge in [-0.1, -0.05) is 25.7 Å². The van der Waals surface area contributed by atoms with Crippen LogP contribution in [0.3, 0.4) is 0 Å². The number of hydrogen-bond acceptors (Lipinski definition) is 5.